The Hall–Kier alpha value is -3.23. The van der Waals surface area contributed by atoms with E-state index >= 15 is 0 Å². The number of esters is 1. The Morgan fingerprint density at radius 2 is 1.85 bits per heavy atom. The molecule has 0 atom stereocenters. The summed E-state index contributed by atoms with van der Waals surface area (Å²) in [6, 6.07) is 5.63. The molecule has 0 aliphatic rings. The Morgan fingerprint density at radius 3 is 2.44 bits per heavy atom. The van der Waals surface area contributed by atoms with Crippen LogP contribution >= 0.6 is 0 Å². The van der Waals surface area contributed by atoms with Crippen LogP contribution in [0.15, 0.2) is 24.3 Å². The van der Waals surface area contributed by atoms with Gasteiger partial charge in [-0.1, -0.05) is 12.1 Å². The van der Waals surface area contributed by atoms with E-state index in [2.05, 4.69) is 15.0 Å². The van der Waals surface area contributed by atoms with Gasteiger partial charge in [0.05, 0.1) is 5.69 Å². The van der Waals surface area contributed by atoms with E-state index in [9.17, 15) is 23.2 Å². The molecule has 0 aliphatic carbocycles. The SMILES string of the molecule is CC(=O)c1c(C)[nH]c(C(=O)OCC(=O)Nc2ccccc2OC(F)F)c1C. The number of nitrogens with one attached hydrogen (secondary N) is 2. The van der Waals surface area contributed by atoms with Crippen LogP contribution in [0, 0.1) is 13.8 Å². The first-order valence-electron chi connectivity index (χ1n) is 7.91. The van der Waals surface area contributed by atoms with Crippen molar-refractivity contribution >= 4 is 23.3 Å². The molecule has 0 saturated heterocycles. The molecule has 1 heterocycles. The van der Waals surface area contributed by atoms with Crippen molar-refractivity contribution in [3.05, 3.63) is 46.8 Å². The predicted molar refractivity (Wildman–Crippen MR) is 92.3 cm³/mol. The molecule has 9 heteroatoms. The minimum Gasteiger partial charge on any atom is -0.451 e. The van der Waals surface area contributed by atoms with E-state index in [0.717, 1.165) is 0 Å². The average Bonchev–Trinajstić information content (AvgIpc) is 2.88. The van der Waals surface area contributed by atoms with Crippen LogP contribution in [0.3, 0.4) is 0 Å². The molecule has 144 valence electrons. The number of aromatic amines is 1. The van der Waals surface area contributed by atoms with Gasteiger partial charge in [-0.3, -0.25) is 9.59 Å². The highest BCUT2D eigenvalue weighted by atomic mass is 19.3. The van der Waals surface area contributed by atoms with Crippen LogP contribution in [0.1, 0.15) is 39.0 Å². The lowest BCUT2D eigenvalue weighted by atomic mass is 10.1. The highest BCUT2D eigenvalue weighted by Gasteiger charge is 2.21. The average molecular weight is 380 g/mol. The molecule has 0 spiro atoms. The molecular formula is C18H18F2N2O5. The number of alkyl halides is 2. The number of Topliss-reactive ketones (excluding diaryl/α,β-unsaturated/α-hetero) is 1. The van der Waals surface area contributed by atoms with Crippen LogP contribution in [0.4, 0.5) is 14.5 Å². The number of benzene rings is 1. The molecule has 2 N–H and O–H groups in total. The number of amides is 1. The van der Waals surface area contributed by atoms with Crippen molar-refractivity contribution in [3.8, 4) is 5.75 Å². The third-order valence-electron chi connectivity index (χ3n) is 3.71. The summed E-state index contributed by atoms with van der Waals surface area (Å²) in [7, 11) is 0. The fraction of sp³-hybridized carbons (Fsp3) is 0.278. The summed E-state index contributed by atoms with van der Waals surface area (Å²) in [4.78, 5) is 38.5. The van der Waals surface area contributed by atoms with Crippen LogP contribution in [0.2, 0.25) is 0 Å². The fourth-order valence-corrected chi connectivity index (χ4v) is 2.64. The number of aryl methyl sites for hydroxylation is 1. The number of rotatable bonds is 7. The van der Waals surface area contributed by atoms with E-state index in [0.29, 0.717) is 16.8 Å². The van der Waals surface area contributed by atoms with Crippen LogP contribution in [0.25, 0.3) is 0 Å². The predicted octanol–water partition coefficient (Wildman–Crippen LogP) is 3.23. The lowest BCUT2D eigenvalue weighted by Crippen LogP contribution is -2.22. The minimum atomic E-state index is -3.05. The van der Waals surface area contributed by atoms with Gasteiger partial charge in [0.2, 0.25) is 0 Å². The topological polar surface area (TPSA) is 97.5 Å². The summed E-state index contributed by atoms with van der Waals surface area (Å²) in [5.74, 6) is -1.96. The van der Waals surface area contributed by atoms with Crippen molar-refractivity contribution in [2.45, 2.75) is 27.4 Å². The first kappa shape index (κ1) is 20.1. The second-order valence-electron chi connectivity index (χ2n) is 5.68. The van der Waals surface area contributed by atoms with Crippen LogP contribution in [0.5, 0.6) is 5.75 Å². The molecule has 0 aliphatic heterocycles. The summed E-state index contributed by atoms with van der Waals surface area (Å²) in [6.45, 7) is 0.928. The highest BCUT2D eigenvalue weighted by Crippen LogP contribution is 2.25. The first-order valence-corrected chi connectivity index (χ1v) is 7.91. The van der Waals surface area contributed by atoms with Gasteiger partial charge < -0.3 is 19.8 Å². The summed E-state index contributed by atoms with van der Waals surface area (Å²) in [5, 5.41) is 2.33. The van der Waals surface area contributed by atoms with Gasteiger partial charge in [0, 0.05) is 11.3 Å². The van der Waals surface area contributed by atoms with Crippen LogP contribution in [-0.2, 0) is 9.53 Å². The van der Waals surface area contributed by atoms with E-state index in [4.69, 9.17) is 4.74 Å². The maximum absolute atomic E-state index is 12.4. The number of ketones is 1. The molecule has 1 amide bonds. The highest BCUT2D eigenvalue weighted by molar-refractivity contribution is 6.02. The molecule has 0 unspecified atom stereocenters. The standard InChI is InChI=1S/C18H18F2N2O5/c1-9-15(11(3)23)10(2)21-16(9)17(25)26-8-14(24)22-12-6-4-5-7-13(12)27-18(19)20/h4-7,18,21H,8H2,1-3H3,(H,22,24). The van der Waals surface area contributed by atoms with Crippen molar-refractivity contribution in [2.75, 3.05) is 11.9 Å². The summed E-state index contributed by atoms with van der Waals surface area (Å²) >= 11 is 0. The molecule has 0 fully saturated rings. The van der Waals surface area contributed by atoms with E-state index < -0.39 is 25.1 Å². The van der Waals surface area contributed by atoms with E-state index in [-0.39, 0.29) is 22.9 Å². The van der Waals surface area contributed by atoms with Gasteiger partial charge in [-0.25, -0.2) is 4.79 Å². The third-order valence-corrected chi connectivity index (χ3v) is 3.71. The minimum absolute atomic E-state index is 0.0182. The summed E-state index contributed by atoms with van der Waals surface area (Å²) < 4.78 is 34.0. The van der Waals surface area contributed by atoms with Gasteiger partial charge in [0.25, 0.3) is 5.91 Å². The third kappa shape index (κ3) is 4.90. The fourth-order valence-electron chi connectivity index (χ4n) is 2.64. The number of anilines is 1. The van der Waals surface area contributed by atoms with Crippen molar-refractivity contribution in [1.82, 2.24) is 4.98 Å². The molecule has 0 bridgehead atoms. The van der Waals surface area contributed by atoms with Gasteiger partial charge in [-0.15, -0.1) is 0 Å². The van der Waals surface area contributed by atoms with Gasteiger partial charge >= 0.3 is 12.6 Å². The maximum atomic E-state index is 12.4. The first-order chi connectivity index (χ1) is 12.7. The largest absolute Gasteiger partial charge is 0.451 e. The molecule has 27 heavy (non-hydrogen) atoms. The molecule has 1 aromatic carbocycles. The Balaban J connectivity index is 2.02. The quantitative estimate of drug-likeness (QED) is 0.568. The number of carbonyl (C=O) groups is 3. The molecular weight excluding hydrogens is 362 g/mol. The second kappa shape index (κ2) is 8.43. The van der Waals surface area contributed by atoms with Crippen molar-refractivity contribution in [2.24, 2.45) is 0 Å². The monoisotopic (exact) mass is 380 g/mol. The maximum Gasteiger partial charge on any atom is 0.387 e. The number of H-pyrrole nitrogens is 1. The lowest BCUT2D eigenvalue weighted by molar-refractivity contribution is -0.119. The van der Waals surface area contributed by atoms with E-state index in [1.54, 1.807) is 13.8 Å². The molecule has 7 nitrogen and oxygen atoms in total. The smallest absolute Gasteiger partial charge is 0.387 e. The van der Waals surface area contributed by atoms with Crippen molar-refractivity contribution in [1.29, 1.82) is 0 Å². The number of ether oxygens (including phenoxy) is 2. The van der Waals surface area contributed by atoms with Gasteiger partial charge in [0.1, 0.15) is 11.4 Å². The van der Waals surface area contributed by atoms with Crippen LogP contribution in [-0.4, -0.2) is 35.9 Å². The Bertz CT molecular complexity index is 877. The number of aromatic nitrogens is 1. The van der Waals surface area contributed by atoms with Crippen molar-refractivity contribution in [3.63, 3.8) is 0 Å². The van der Waals surface area contributed by atoms with Gasteiger partial charge in [-0.05, 0) is 38.5 Å². The van der Waals surface area contributed by atoms with Gasteiger partial charge in [0.15, 0.2) is 12.4 Å². The van der Waals surface area contributed by atoms with E-state index in [1.165, 1.54) is 31.2 Å². The number of carbonyl (C=O) groups excluding carboxylic acids is 3. The Labute approximate surface area is 153 Å². The number of halogens is 2. The Kier molecular flexibility index (Phi) is 6.27. The normalized spacial score (nSPS) is 10.6. The number of para-hydroxylation sites is 2. The summed E-state index contributed by atoms with van der Waals surface area (Å²) in [6.07, 6.45) is 0. The lowest BCUT2D eigenvalue weighted by Gasteiger charge is -2.11. The second-order valence-corrected chi connectivity index (χ2v) is 5.68. The zero-order valence-electron chi connectivity index (χ0n) is 14.9. The van der Waals surface area contributed by atoms with Gasteiger partial charge in [-0.2, -0.15) is 8.78 Å². The molecule has 0 saturated carbocycles. The molecule has 1 aromatic heterocycles. The number of hydrogen-bond acceptors (Lipinski definition) is 5. The molecule has 2 rings (SSSR count). The van der Waals surface area contributed by atoms with E-state index in [1.807, 2.05) is 0 Å². The summed E-state index contributed by atoms with van der Waals surface area (Å²) in [5.41, 5.74) is 1.44. The zero-order valence-corrected chi connectivity index (χ0v) is 14.9. The molecule has 2 aromatic rings. The number of hydrogen-bond donors (Lipinski definition) is 2. The van der Waals surface area contributed by atoms with Crippen LogP contribution < -0.4 is 10.1 Å². The molecule has 0 radical (unpaired) electrons. The zero-order chi connectivity index (χ0) is 20.1. The van der Waals surface area contributed by atoms with Crippen molar-refractivity contribution < 1.29 is 32.6 Å². The Morgan fingerprint density at radius 1 is 1.19 bits per heavy atom.